The molecular weight excluding hydrogens is 462 g/mol. The molecule has 33 heavy (non-hydrogen) atoms. The van der Waals surface area contributed by atoms with Gasteiger partial charge in [0.2, 0.25) is 10.0 Å². The maximum atomic E-state index is 13.2. The van der Waals surface area contributed by atoms with Crippen LogP contribution in [0.3, 0.4) is 0 Å². The lowest BCUT2D eigenvalue weighted by Gasteiger charge is -2.42. The molecule has 3 heterocycles. The van der Waals surface area contributed by atoms with Gasteiger partial charge in [0.1, 0.15) is 0 Å². The van der Waals surface area contributed by atoms with Gasteiger partial charge in [-0.15, -0.1) is 0 Å². The fourth-order valence-electron chi connectivity index (χ4n) is 4.80. The Balaban J connectivity index is 1.53. The van der Waals surface area contributed by atoms with Gasteiger partial charge in [0, 0.05) is 37.3 Å². The van der Waals surface area contributed by atoms with Crippen molar-refractivity contribution in [2.75, 3.05) is 17.8 Å². The van der Waals surface area contributed by atoms with Crippen LogP contribution < -0.4 is 10.3 Å². The molecule has 10 heteroatoms. The van der Waals surface area contributed by atoms with E-state index in [-0.39, 0.29) is 33.7 Å². The summed E-state index contributed by atoms with van der Waals surface area (Å²) in [6.07, 6.45) is 0.685. The maximum Gasteiger partial charge on any atom is 0.261 e. The van der Waals surface area contributed by atoms with Gasteiger partial charge in [-0.05, 0) is 42.7 Å². The van der Waals surface area contributed by atoms with Gasteiger partial charge >= 0.3 is 0 Å². The number of nitrogens with one attached hydrogen (secondary N) is 1. The van der Waals surface area contributed by atoms with Crippen LogP contribution in [0.15, 0.2) is 87.4 Å². The first-order valence-corrected chi connectivity index (χ1v) is 13.5. The average molecular weight is 486 g/mol. The molecule has 1 aromatic heterocycles. The summed E-state index contributed by atoms with van der Waals surface area (Å²) >= 11 is 0. The van der Waals surface area contributed by atoms with E-state index in [2.05, 4.69) is 4.72 Å². The number of benzene rings is 2. The first kappa shape index (κ1) is 21.9. The lowest BCUT2D eigenvalue weighted by molar-refractivity contribution is 0.187. The summed E-state index contributed by atoms with van der Waals surface area (Å²) < 4.78 is 58.1. The van der Waals surface area contributed by atoms with Crippen molar-refractivity contribution in [3.63, 3.8) is 0 Å². The predicted octanol–water partition coefficient (Wildman–Crippen LogP) is 2.46. The normalized spacial score (nSPS) is 20.7. The summed E-state index contributed by atoms with van der Waals surface area (Å²) in [5.41, 5.74) is 0.619. The Morgan fingerprint density at radius 1 is 0.758 bits per heavy atom. The third kappa shape index (κ3) is 3.98. The first-order chi connectivity index (χ1) is 15.8. The second kappa shape index (κ2) is 8.12. The maximum absolute atomic E-state index is 13.2. The number of piperidine rings is 1. The second-order valence-corrected chi connectivity index (χ2v) is 12.1. The van der Waals surface area contributed by atoms with Crippen LogP contribution in [0, 0.1) is 5.92 Å². The third-order valence-electron chi connectivity index (χ3n) is 6.24. The molecule has 8 nitrogen and oxygen atoms in total. The smallest absolute Gasteiger partial charge is 0.261 e. The van der Waals surface area contributed by atoms with Gasteiger partial charge in [-0.2, -0.15) is 4.31 Å². The lowest BCUT2D eigenvalue weighted by atomic mass is 9.83. The minimum Gasteiger partial charge on any atom is -0.310 e. The summed E-state index contributed by atoms with van der Waals surface area (Å²) in [5.74, 6) is -0.341. The number of nitrogens with zero attached hydrogens (tertiary/aromatic N) is 2. The molecule has 3 aromatic rings. The minimum atomic E-state index is -3.87. The molecule has 5 rings (SSSR count). The lowest BCUT2D eigenvalue weighted by Crippen LogP contribution is -2.49. The Bertz CT molecular complexity index is 1450. The van der Waals surface area contributed by atoms with Gasteiger partial charge in [0.25, 0.3) is 15.6 Å². The number of rotatable bonds is 5. The van der Waals surface area contributed by atoms with Crippen molar-refractivity contribution in [2.24, 2.45) is 5.92 Å². The molecule has 0 radical (unpaired) electrons. The number of sulfonamides is 2. The van der Waals surface area contributed by atoms with E-state index in [4.69, 9.17) is 0 Å². The molecule has 2 atom stereocenters. The summed E-state index contributed by atoms with van der Waals surface area (Å²) in [4.78, 5) is 13.0. The molecule has 2 aromatic carbocycles. The number of pyridine rings is 1. The number of hydrogen-bond donors (Lipinski definition) is 1. The minimum absolute atomic E-state index is 0.0339. The van der Waals surface area contributed by atoms with Gasteiger partial charge in [0.15, 0.2) is 0 Å². The molecule has 0 unspecified atom stereocenters. The highest BCUT2D eigenvalue weighted by Crippen LogP contribution is 2.40. The topological polar surface area (TPSA) is 106 Å². The fraction of sp³-hybridized carbons (Fsp3) is 0.261. The summed E-state index contributed by atoms with van der Waals surface area (Å²) in [6, 6.07) is 19.1. The fourth-order valence-corrected chi connectivity index (χ4v) is 7.48. The number of hydrogen-bond acceptors (Lipinski definition) is 5. The monoisotopic (exact) mass is 485 g/mol. The van der Waals surface area contributed by atoms with E-state index in [0.29, 0.717) is 30.9 Å². The van der Waals surface area contributed by atoms with Crippen LogP contribution >= 0.6 is 0 Å². The van der Waals surface area contributed by atoms with Crippen molar-refractivity contribution >= 4 is 25.7 Å². The highest BCUT2D eigenvalue weighted by Gasteiger charge is 2.41. The molecule has 1 fully saturated rings. The average Bonchev–Trinajstić information content (AvgIpc) is 2.82. The van der Waals surface area contributed by atoms with E-state index in [1.807, 2.05) is 0 Å². The Kier molecular flexibility index (Phi) is 5.38. The molecule has 2 bridgehead atoms. The van der Waals surface area contributed by atoms with Crippen molar-refractivity contribution in [3.05, 3.63) is 88.8 Å². The summed E-state index contributed by atoms with van der Waals surface area (Å²) in [6.45, 7) is 0.837. The Morgan fingerprint density at radius 2 is 1.39 bits per heavy atom. The summed E-state index contributed by atoms with van der Waals surface area (Å²) in [7, 11) is -7.57. The van der Waals surface area contributed by atoms with Gasteiger partial charge in [-0.25, -0.2) is 16.8 Å². The zero-order valence-corrected chi connectivity index (χ0v) is 19.3. The molecular formula is C23H23N3O5S2. The van der Waals surface area contributed by atoms with Crippen LogP contribution in [0.5, 0.6) is 0 Å². The molecule has 0 aliphatic carbocycles. The molecule has 1 saturated heterocycles. The molecule has 172 valence electrons. The van der Waals surface area contributed by atoms with E-state index in [1.165, 1.54) is 28.6 Å². The molecule has 0 spiro atoms. The highest BCUT2D eigenvalue weighted by molar-refractivity contribution is 7.92. The van der Waals surface area contributed by atoms with E-state index >= 15 is 0 Å². The largest absolute Gasteiger partial charge is 0.310 e. The summed E-state index contributed by atoms with van der Waals surface area (Å²) in [5, 5.41) is 0. The molecule has 0 amide bonds. The predicted molar refractivity (Wildman–Crippen MR) is 124 cm³/mol. The van der Waals surface area contributed by atoms with Crippen LogP contribution in [-0.4, -0.2) is 38.8 Å². The van der Waals surface area contributed by atoms with Gasteiger partial charge in [-0.1, -0.05) is 36.4 Å². The Labute approximate surface area is 192 Å². The second-order valence-electron chi connectivity index (χ2n) is 8.43. The number of fused-ring (bicyclic) bond motifs is 4. The van der Waals surface area contributed by atoms with Crippen LogP contribution in [-0.2, 0) is 26.6 Å². The molecule has 0 saturated carbocycles. The number of anilines is 1. The van der Waals surface area contributed by atoms with Crippen LogP contribution in [0.2, 0.25) is 0 Å². The van der Waals surface area contributed by atoms with E-state index in [9.17, 15) is 21.6 Å². The first-order valence-electron chi connectivity index (χ1n) is 10.6. The Morgan fingerprint density at radius 3 is 2.06 bits per heavy atom. The van der Waals surface area contributed by atoms with Crippen molar-refractivity contribution < 1.29 is 16.8 Å². The number of aromatic nitrogens is 1. The van der Waals surface area contributed by atoms with Crippen molar-refractivity contribution in [3.8, 4) is 0 Å². The Hall–Kier alpha value is -2.95. The van der Waals surface area contributed by atoms with Gasteiger partial charge in [-0.3, -0.25) is 9.52 Å². The highest BCUT2D eigenvalue weighted by atomic mass is 32.2. The van der Waals surface area contributed by atoms with Gasteiger partial charge < -0.3 is 4.57 Å². The van der Waals surface area contributed by atoms with E-state index in [0.717, 1.165) is 0 Å². The quantitative estimate of drug-likeness (QED) is 0.598. The van der Waals surface area contributed by atoms with Crippen LogP contribution in [0.1, 0.15) is 18.0 Å². The van der Waals surface area contributed by atoms with Crippen LogP contribution in [0.25, 0.3) is 0 Å². The molecule has 1 N–H and O–H groups in total. The standard InChI is InChI=1S/C23H23N3O5S2/c27-22-12-11-21(24-32(28,29)19-7-3-1-4-8-19)23-18-13-17(15-26(22)23)14-25(16-18)33(30,31)20-9-5-2-6-10-20/h1-12,17-18,24H,13-16H2/t17-,18-/m0/s1. The third-order valence-corrected chi connectivity index (χ3v) is 9.46. The van der Waals surface area contributed by atoms with E-state index < -0.39 is 20.0 Å². The van der Waals surface area contributed by atoms with Gasteiger partial charge in [0.05, 0.1) is 15.5 Å². The SMILES string of the molecule is O=c1ccc(NS(=O)(=O)c2ccccc2)c2n1C[C@H]1C[C@H]2CN(S(=O)(=O)c2ccccc2)C1. The van der Waals surface area contributed by atoms with Crippen molar-refractivity contribution in [1.82, 2.24) is 8.87 Å². The van der Waals surface area contributed by atoms with Crippen molar-refractivity contribution in [1.29, 1.82) is 0 Å². The van der Waals surface area contributed by atoms with Crippen molar-refractivity contribution in [2.45, 2.75) is 28.7 Å². The molecule has 2 aliphatic heterocycles. The van der Waals surface area contributed by atoms with E-state index in [1.54, 1.807) is 53.1 Å². The molecule has 2 aliphatic rings. The van der Waals surface area contributed by atoms with Crippen LogP contribution in [0.4, 0.5) is 5.69 Å². The zero-order valence-electron chi connectivity index (χ0n) is 17.7. The zero-order chi connectivity index (χ0) is 23.2.